The van der Waals surface area contributed by atoms with Crippen LogP contribution in [0.25, 0.3) is 0 Å². The Kier molecular flexibility index (Phi) is 2.74. The molecule has 0 aliphatic carbocycles. The van der Waals surface area contributed by atoms with Gasteiger partial charge in [-0.2, -0.15) is 0 Å². The molecule has 0 bridgehead atoms. The minimum absolute atomic E-state index is 0.155. The Morgan fingerprint density at radius 3 is 2.28 bits per heavy atom. The van der Waals surface area contributed by atoms with E-state index in [1.54, 1.807) is 6.07 Å². The summed E-state index contributed by atoms with van der Waals surface area (Å²) in [5, 5.41) is 2.30. The molecule has 3 rings (SSSR count). The number of benzene rings is 2. The van der Waals surface area contributed by atoms with Gasteiger partial charge in [-0.15, -0.1) is 0 Å². The predicted molar refractivity (Wildman–Crippen MR) is 69.7 cm³/mol. The van der Waals surface area contributed by atoms with Gasteiger partial charge in [0, 0.05) is 0 Å². The first-order valence-electron chi connectivity index (χ1n) is 5.47. The third kappa shape index (κ3) is 1.96. The third-order valence-electron chi connectivity index (χ3n) is 2.69. The average Bonchev–Trinajstić information content (AvgIpc) is 2.66. The van der Waals surface area contributed by atoms with Gasteiger partial charge in [0.1, 0.15) is 0 Å². The van der Waals surface area contributed by atoms with Gasteiger partial charge in [-0.05, 0) is 0 Å². The summed E-state index contributed by atoms with van der Waals surface area (Å²) in [4.78, 5) is 23.0. The van der Waals surface area contributed by atoms with E-state index < -0.39 is 0 Å². The summed E-state index contributed by atoms with van der Waals surface area (Å²) in [6.45, 7) is 0. The fourth-order valence-corrected chi connectivity index (χ4v) is 3.68. The van der Waals surface area contributed by atoms with Crippen LogP contribution in [-0.2, 0) is 0 Å². The van der Waals surface area contributed by atoms with Crippen molar-refractivity contribution in [1.29, 1.82) is 0 Å². The van der Waals surface area contributed by atoms with Crippen molar-refractivity contribution in [3.8, 4) is 0 Å². The molecular weight excluding hydrogens is 293 g/mol. The van der Waals surface area contributed by atoms with E-state index >= 15 is 0 Å². The first-order chi connectivity index (χ1) is 8.74. The van der Waals surface area contributed by atoms with Crippen LogP contribution in [0.5, 0.6) is 0 Å². The fourth-order valence-electron chi connectivity index (χ4n) is 1.84. The zero-order valence-corrected chi connectivity index (χ0v) is 11.1. The van der Waals surface area contributed by atoms with Crippen LogP contribution in [0.2, 0.25) is 0 Å². The van der Waals surface area contributed by atoms with Crippen LogP contribution in [0, 0.1) is 0 Å². The van der Waals surface area contributed by atoms with E-state index in [0.717, 1.165) is 4.46 Å². The molecule has 4 heteroatoms. The van der Waals surface area contributed by atoms with Gasteiger partial charge in [-0.3, -0.25) is 0 Å². The summed E-state index contributed by atoms with van der Waals surface area (Å²) in [5.41, 5.74) is 0.975. The van der Waals surface area contributed by atoms with Gasteiger partial charge in [-0.25, -0.2) is 0 Å². The average molecular weight is 302 g/mol. The Morgan fingerprint density at radius 1 is 0.778 bits per heavy atom. The summed E-state index contributed by atoms with van der Waals surface area (Å²) in [5.74, 6) is -0.588. The maximum absolute atomic E-state index is 11.6. The van der Waals surface area contributed by atoms with Gasteiger partial charge in [0.05, 0.1) is 0 Å². The van der Waals surface area contributed by atoms with Gasteiger partial charge < -0.3 is 0 Å². The topological polar surface area (TPSA) is 46.2 Å². The first-order valence-corrected chi connectivity index (χ1v) is 7.18. The molecule has 0 spiro atoms. The van der Waals surface area contributed by atoms with Crippen LogP contribution in [0.3, 0.4) is 0 Å². The predicted octanol–water partition coefficient (Wildman–Crippen LogP) is 0.225. The monoisotopic (exact) mass is 303 g/mol. The number of nitrogens with one attached hydrogen (secondary N) is 1. The molecule has 0 radical (unpaired) electrons. The van der Waals surface area contributed by atoms with E-state index in [1.165, 1.54) is 4.46 Å². The Balaban J connectivity index is 1.94. The van der Waals surface area contributed by atoms with E-state index in [9.17, 15) is 9.59 Å². The molecule has 18 heavy (non-hydrogen) atoms. The molecule has 1 aliphatic rings. The maximum atomic E-state index is 11.6. The molecule has 2 aromatic carbocycles. The Bertz CT molecular complexity index is 637. The third-order valence-corrected chi connectivity index (χ3v) is 4.78. The molecule has 2 amide bonds. The molecule has 3 nitrogen and oxygen atoms in total. The van der Waals surface area contributed by atoms with Crippen LogP contribution in [0.4, 0.5) is 0 Å². The van der Waals surface area contributed by atoms with Gasteiger partial charge in [0.15, 0.2) is 0 Å². The number of amides is 2. The van der Waals surface area contributed by atoms with Gasteiger partial charge in [0.2, 0.25) is 0 Å². The SMILES string of the molecule is O=C1NC(=O)c2cc([Se]c3ccccc3)ccc21. The minimum atomic E-state index is -0.297. The van der Waals surface area contributed by atoms with Gasteiger partial charge >= 0.3 is 110 Å². The number of carbonyl (C=O) groups excluding carboxylic acids is 2. The van der Waals surface area contributed by atoms with Crippen molar-refractivity contribution in [2.24, 2.45) is 0 Å². The Hall–Kier alpha value is -1.90. The van der Waals surface area contributed by atoms with Crippen molar-refractivity contribution >= 4 is 35.7 Å². The van der Waals surface area contributed by atoms with Crippen molar-refractivity contribution in [2.75, 3.05) is 0 Å². The van der Waals surface area contributed by atoms with E-state index in [4.69, 9.17) is 0 Å². The number of fused-ring (bicyclic) bond motifs is 1. The molecule has 0 saturated carbocycles. The van der Waals surface area contributed by atoms with Gasteiger partial charge in [-0.1, -0.05) is 0 Å². The molecule has 0 saturated heterocycles. The molecule has 88 valence electrons. The number of hydrogen-bond donors (Lipinski definition) is 1. The number of imide groups is 1. The zero-order chi connectivity index (χ0) is 12.5. The number of hydrogen-bond acceptors (Lipinski definition) is 2. The van der Waals surface area contributed by atoms with Crippen LogP contribution < -0.4 is 14.2 Å². The van der Waals surface area contributed by atoms with Crippen LogP contribution in [-0.4, -0.2) is 26.8 Å². The van der Waals surface area contributed by atoms with Crippen molar-refractivity contribution in [1.82, 2.24) is 5.32 Å². The Morgan fingerprint density at radius 2 is 1.50 bits per heavy atom. The summed E-state index contributed by atoms with van der Waals surface area (Å²) in [6.07, 6.45) is 0. The fraction of sp³-hybridized carbons (Fsp3) is 0. The molecule has 1 aliphatic heterocycles. The second-order valence-corrected chi connectivity index (χ2v) is 6.31. The van der Waals surface area contributed by atoms with Gasteiger partial charge in [0.25, 0.3) is 0 Å². The van der Waals surface area contributed by atoms with E-state index in [0.29, 0.717) is 11.1 Å². The molecular formula is C14H9NO2Se. The summed E-state index contributed by atoms with van der Waals surface area (Å²) < 4.78 is 2.34. The molecule has 0 unspecified atom stereocenters. The first kappa shape index (κ1) is 11.2. The van der Waals surface area contributed by atoms with Crippen LogP contribution in [0.1, 0.15) is 20.7 Å². The Labute approximate surface area is 110 Å². The van der Waals surface area contributed by atoms with Crippen molar-refractivity contribution in [3.05, 3.63) is 59.7 Å². The molecule has 1 N–H and O–H groups in total. The number of carbonyl (C=O) groups is 2. The quantitative estimate of drug-likeness (QED) is 0.637. The molecule has 0 atom stereocenters. The van der Waals surface area contributed by atoms with Crippen molar-refractivity contribution < 1.29 is 9.59 Å². The summed E-state index contributed by atoms with van der Waals surface area (Å²) in [7, 11) is 0. The van der Waals surface area contributed by atoms with Crippen LogP contribution >= 0.6 is 0 Å². The van der Waals surface area contributed by atoms with Crippen molar-refractivity contribution in [2.45, 2.75) is 0 Å². The molecule has 0 aromatic heterocycles. The zero-order valence-electron chi connectivity index (χ0n) is 9.34. The van der Waals surface area contributed by atoms with E-state index in [2.05, 4.69) is 17.4 Å². The normalized spacial score (nSPS) is 13.3. The standard InChI is InChI=1S/C14H9NO2Se/c16-13-11-7-6-10(8-12(11)14(17)15-13)18-9-4-2-1-3-5-9/h1-8H,(H,15,16,17). The van der Waals surface area contributed by atoms with E-state index in [-0.39, 0.29) is 26.8 Å². The molecule has 2 aromatic rings. The van der Waals surface area contributed by atoms with Crippen LogP contribution in [0.15, 0.2) is 48.5 Å². The molecule has 0 fully saturated rings. The number of rotatable bonds is 2. The van der Waals surface area contributed by atoms with E-state index in [1.807, 2.05) is 30.3 Å². The second-order valence-electron chi connectivity index (χ2n) is 3.91. The molecule has 1 heterocycles. The summed E-state index contributed by atoms with van der Waals surface area (Å²) in [6, 6.07) is 15.6. The summed E-state index contributed by atoms with van der Waals surface area (Å²) >= 11 is 0.155. The van der Waals surface area contributed by atoms with Crippen molar-refractivity contribution in [3.63, 3.8) is 0 Å². The second kappa shape index (κ2) is 4.41.